The minimum Gasteiger partial charge on any atom is -0.273 e. The van der Waals surface area contributed by atoms with Crippen molar-refractivity contribution in [2.75, 3.05) is 0 Å². The number of nitrogens with zero attached hydrogens (tertiary/aromatic N) is 2. The molecule has 6 nitrogen and oxygen atoms in total. The molecule has 0 spiro atoms. The van der Waals surface area contributed by atoms with Crippen molar-refractivity contribution in [2.45, 2.75) is 32.1 Å². The fourth-order valence-corrected chi connectivity index (χ4v) is 3.26. The fraction of sp³-hybridized carbons (Fsp3) is 0.467. The van der Waals surface area contributed by atoms with E-state index in [2.05, 4.69) is 10.5 Å². The first-order valence-electron chi connectivity index (χ1n) is 7.20. The van der Waals surface area contributed by atoms with Gasteiger partial charge in [-0.1, -0.05) is 12.1 Å². The van der Waals surface area contributed by atoms with Crippen molar-refractivity contribution in [1.82, 2.24) is 5.43 Å². The molecule has 21 heavy (non-hydrogen) atoms. The Hall–Kier alpha value is -2.24. The number of carbonyl (C=O) groups is 1. The van der Waals surface area contributed by atoms with Gasteiger partial charge in [-0.05, 0) is 43.1 Å². The van der Waals surface area contributed by atoms with Gasteiger partial charge in [0.25, 0.3) is 5.69 Å². The van der Waals surface area contributed by atoms with Gasteiger partial charge in [-0.3, -0.25) is 14.9 Å². The topological polar surface area (TPSA) is 84.6 Å². The zero-order chi connectivity index (χ0) is 14.8. The van der Waals surface area contributed by atoms with Crippen LogP contribution < -0.4 is 5.43 Å². The summed E-state index contributed by atoms with van der Waals surface area (Å²) in [7, 11) is 0. The van der Waals surface area contributed by atoms with Crippen molar-refractivity contribution in [3.63, 3.8) is 0 Å². The summed E-state index contributed by atoms with van der Waals surface area (Å²) in [5, 5.41) is 14.8. The summed E-state index contributed by atoms with van der Waals surface area (Å²) in [6.45, 7) is 0. The molecule has 2 fully saturated rings. The number of amides is 1. The molecule has 1 aromatic carbocycles. The van der Waals surface area contributed by atoms with Crippen LogP contribution in [0.4, 0.5) is 5.69 Å². The molecule has 0 saturated heterocycles. The Morgan fingerprint density at radius 2 is 2.10 bits per heavy atom. The van der Waals surface area contributed by atoms with Crippen molar-refractivity contribution < 1.29 is 9.72 Å². The Morgan fingerprint density at radius 1 is 1.33 bits per heavy atom. The normalized spacial score (nSPS) is 25.2. The predicted molar refractivity (Wildman–Crippen MR) is 77.8 cm³/mol. The smallest absolute Gasteiger partial charge is 0.269 e. The summed E-state index contributed by atoms with van der Waals surface area (Å²) in [5.74, 6) is 1.15. The molecule has 0 aliphatic heterocycles. The predicted octanol–water partition coefficient (Wildman–Crippen LogP) is 2.43. The largest absolute Gasteiger partial charge is 0.273 e. The molecule has 110 valence electrons. The number of hydrogen-bond acceptors (Lipinski definition) is 4. The Kier molecular flexibility index (Phi) is 3.68. The third-order valence-electron chi connectivity index (χ3n) is 4.35. The number of nitro benzene ring substituents is 1. The van der Waals surface area contributed by atoms with Gasteiger partial charge in [0.15, 0.2) is 0 Å². The third-order valence-corrected chi connectivity index (χ3v) is 4.35. The van der Waals surface area contributed by atoms with Crippen LogP contribution in [0, 0.1) is 22.0 Å². The van der Waals surface area contributed by atoms with Crippen molar-refractivity contribution >= 4 is 17.3 Å². The number of nitro groups is 1. The first kappa shape index (κ1) is 13.7. The second-order valence-electron chi connectivity index (χ2n) is 5.82. The summed E-state index contributed by atoms with van der Waals surface area (Å²) in [6.07, 6.45) is 4.91. The van der Waals surface area contributed by atoms with E-state index in [1.54, 1.807) is 12.1 Å². The number of fused-ring (bicyclic) bond motifs is 2. The van der Waals surface area contributed by atoms with E-state index in [9.17, 15) is 14.9 Å². The van der Waals surface area contributed by atoms with Gasteiger partial charge >= 0.3 is 0 Å². The van der Waals surface area contributed by atoms with Crippen LogP contribution in [0.5, 0.6) is 0 Å². The quantitative estimate of drug-likeness (QED) is 0.681. The third kappa shape index (κ3) is 3.09. The molecule has 2 unspecified atom stereocenters. The number of nitrogens with one attached hydrogen (secondary N) is 1. The average molecular weight is 287 g/mol. The molecule has 1 amide bonds. The molecule has 2 aliphatic carbocycles. The maximum atomic E-state index is 11.8. The zero-order valence-electron chi connectivity index (χ0n) is 11.6. The average Bonchev–Trinajstić information content (AvgIpc) is 3.08. The molecule has 0 radical (unpaired) electrons. The molecule has 2 atom stereocenters. The van der Waals surface area contributed by atoms with Crippen LogP contribution in [0.1, 0.15) is 31.2 Å². The van der Waals surface area contributed by atoms with Gasteiger partial charge in [-0.2, -0.15) is 5.10 Å². The number of rotatable bonds is 4. The van der Waals surface area contributed by atoms with Gasteiger partial charge in [0.05, 0.1) is 11.3 Å². The Bertz CT molecular complexity index is 595. The second-order valence-corrected chi connectivity index (χ2v) is 5.82. The Labute approximate surface area is 122 Å². The summed E-state index contributed by atoms with van der Waals surface area (Å²) < 4.78 is 0. The minimum atomic E-state index is -0.453. The molecular formula is C15H17N3O3. The molecule has 3 rings (SSSR count). The number of hydrazone groups is 1. The van der Waals surface area contributed by atoms with Crippen molar-refractivity contribution in [3.8, 4) is 0 Å². The Morgan fingerprint density at radius 3 is 2.67 bits per heavy atom. The van der Waals surface area contributed by atoms with Crippen LogP contribution in [0.3, 0.4) is 0 Å². The lowest BCUT2D eigenvalue weighted by Gasteiger charge is -2.11. The highest BCUT2D eigenvalue weighted by atomic mass is 16.6. The van der Waals surface area contributed by atoms with Crippen molar-refractivity contribution in [1.29, 1.82) is 0 Å². The van der Waals surface area contributed by atoms with Crippen LogP contribution in [-0.2, 0) is 11.2 Å². The van der Waals surface area contributed by atoms with E-state index in [1.165, 1.54) is 31.4 Å². The highest BCUT2D eigenvalue weighted by Crippen LogP contribution is 2.42. The lowest BCUT2D eigenvalue weighted by Crippen LogP contribution is -2.23. The van der Waals surface area contributed by atoms with Gasteiger partial charge in [-0.25, -0.2) is 5.43 Å². The first-order chi connectivity index (χ1) is 10.1. The first-order valence-corrected chi connectivity index (χ1v) is 7.20. The number of benzene rings is 1. The lowest BCUT2D eigenvalue weighted by atomic mass is 9.99. The molecule has 2 aliphatic rings. The summed E-state index contributed by atoms with van der Waals surface area (Å²) >= 11 is 0. The molecule has 2 saturated carbocycles. The monoisotopic (exact) mass is 287 g/mol. The van der Waals surface area contributed by atoms with Gasteiger partial charge in [0, 0.05) is 17.8 Å². The molecule has 2 bridgehead atoms. The van der Waals surface area contributed by atoms with Crippen LogP contribution in [0.2, 0.25) is 0 Å². The highest BCUT2D eigenvalue weighted by Gasteiger charge is 2.36. The standard InChI is InChI=1S/C15H17N3O3/c19-15(9-10-2-5-13(6-3-10)18(20)21)17-16-14-8-11-1-4-12(14)7-11/h2-3,5-6,11-12H,1,4,7-9H2,(H,17,19). The lowest BCUT2D eigenvalue weighted by molar-refractivity contribution is -0.384. The van der Waals surface area contributed by atoms with E-state index in [1.807, 2.05) is 0 Å². The fourth-order valence-electron chi connectivity index (χ4n) is 3.26. The summed E-state index contributed by atoms with van der Waals surface area (Å²) in [4.78, 5) is 21.9. The van der Waals surface area contributed by atoms with Crippen LogP contribution >= 0.6 is 0 Å². The van der Waals surface area contributed by atoms with Crippen LogP contribution in [-0.4, -0.2) is 16.5 Å². The number of carbonyl (C=O) groups excluding carboxylic acids is 1. The van der Waals surface area contributed by atoms with E-state index < -0.39 is 4.92 Å². The maximum absolute atomic E-state index is 11.8. The molecule has 1 N–H and O–H groups in total. The van der Waals surface area contributed by atoms with Crippen molar-refractivity contribution in [2.24, 2.45) is 16.9 Å². The summed E-state index contributed by atoms with van der Waals surface area (Å²) in [6, 6.07) is 6.01. The Balaban J connectivity index is 1.54. The summed E-state index contributed by atoms with van der Waals surface area (Å²) in [5.41, 5.74) is 4.51. The van der Waals surface area contributed by atoms with E-state index in [4.69, 9.17) is 0 Å². The molecule has 0 heterocycles. The minimum absolute atomic E-state index is 0.0291. The molecular weight excluding hydrogens is 270 g/mol. The van der Waals surface area contributed by atoms with E-state index in [0.717, 1.165) is 23.6 Å². The highest BCUT2D eigenvalue weighted by molar-refractivity contribution is 5.91. The number of non-ortho nitro benzene ring substituents is 1. The van der Waals surface area contributed by atoms with E-state index in [0.29, 0.717) is 5.92 Å². The van der Waals surface area contributed by atoms with Crippen LogP contribution in [0.25, 0.3) is 0 Å². The van der Waals surface area contributed by atoms with E-state index >= 15 is 0 Å². The maximum Gasteiger partial charge on any atom is 0.269 e. The second kappa shape index (κ2) is 5.63. The van der Waals surface area contributed by atoms with Gasteiger partial charge in [0.2, 0.25) is 5.91 Å². The van der Waals surface area contributed by atoms with Gasteiger partial charge < -0.3 is 0 Å². The van der Waals surface area contributed by atoms with Crippen molar-refractivity contribution in [3.05, 3.63) is 39.9 Å². The molecule has 1 aromatic rings. The number of hydrogen-bond donors (Lipinski definition) is 1. The SMILES string of the molecule is O=C(Cc1ccc([N+](=O)[O-])cc1)NN=C1CC2CCC1C2. The molecule has 0 aromatic heterocycles. The molecule has 6 heteroatoms. The zero-order valence-corrected chi connectivity index (χ0v) is 11.6. The van der Waals surface area contributed by atoms with Crippen LogP contribution in [0.15, 0.2) is 29.4 Å². The van der Waals surface area contributed by atoms with E-state index in [-0.39, 0.29) is 18.0 Å². The van der Waals surface area contributed by atoms with Gasteiger partial charge in [0.1, 0.15) is 0 Å². The van der Waals surface area contributed by atoms with Gasteiger partial charge in [-0.15, -0.1) is 0 Å².